The first kappa shape index (κ1) is 22.3. The number of carboxylic acids is 1. The average Bonchev–Trinajstić information content (AvgIpc) is 2.66. The van der Waals surface area contributed by atoms with Crippen LogP contribution in [-0.4, -0.2) is 22.0 Å². The molecule has 0 atom stereocenters. The number of rotatable bonds is 5. The number of fused-ring (bicyclic) bond motifs is 1. The number of halogens is 5. The summed E-state index contributed by atoms with van der Waals surface area (Å²) in [7, 11) is 0. The summed E-state index contributed by atoms with van der Waals surface area (Å²) in [6.45, 7) is -0.196. The summed E-state index contributed by atoms with van der Waals surface area (Å²) in [5.41, 5.74) is -2.70. The number of nitrogens with one attached hydrogen (secondary N) is 2. The standard InChI is InChI=1S/C20H13ClF4N2O4/c21-12-4-10-6-13(19(30)31)18(29)27-17(10)11(5-12)8-26-15(28)7-9-2-1-3-14(16(9)22)20(23,24)25/h1-6H,7-8H2,(H,26,28)(H,27,29)(H,30,31). The van der Waals surface area contributed by atoms with E-state index in [1.165, 1.54) is 12.1 Å². The second kappa shape index (κ2) is 8.38. The molecule has 0 bridgehead atoms. The molecule has 0 unspecified atom stereocenters. The van der Waals surface area contributed by atoms with Gasteiger partial charge in [0.2, 0.25) is 5.91 Å². The normalized spacial score (nSPS) is 11.5. The van der Waals surface area contributed by atoms with E-state index in [1.807, 2.05) is 0 Å². The maximum Gasteiger partial charge on any atom is 0.419 e. The van der Waals surface area contributed by atoms with Gasteiger partial charge in [0.05, 0.1) is 17.5 Å². The summed E-state index contributed by atoms with van der Waals surface area (Å²) < 4.78 is 52.5. The fraction of sp³-hybridized carbons (Fsp3) is 0.150. The van der Waals surface area contributed by atoms with Crippen LogP contribution in [0, 0.1) is 5.82 Å². The molecule has 1 aromatic heterocycles. The number of carboxylic acid groups (broad SMARTS) is 1. The zero-order valence-corrected chi connectivity index (χ0v) is 16.2. The van der Waals surface area contributed by atoms with E-state index in [9.17, 15) is 31.9 Å². The molecule has 0 aliphatic rings. The minimum atomic E-state index is -4.89. The molecule has 0 fully saturated rings. The zero-order chi connectivity index (χ0) is 22.9. The van der Waals surface area contributed by atoms with Crippen LogP contribution in [0.5, 0.6) is 0 Å². The summed E-state index contributed by atoms with van der Waals surface area (Å²) in [5.74, 6) is -3.72. The first-order chi connectivity index (χ1) is 14.5. The van der Waals surface area contributed by atoms with E-state index in [0.29, 0.717) is 17.0 Å². The Kier molecular flexibility index (Phi) is 6.03. The number of pyridine rings is 1. The Labute approximate surface area is 176 Å². The predicted octanol–water partition coefficient (Wildman–Crippen LogP) is 3.90. The SMILES string of the molecule is O=C(Cc1cccc(C(F)(F)F)c1F)NCc1cc(Cl)cc2cc(C(=O)O)c(=O)[nH]c12. The molecule has 11 heteroatoms. The highest BCUT2D eigenvalue weighted by atomic mass is 35.5. The first-order valence-electron chi connectivity index (χ1n) is 8.67. The number of amides is 1. The van der Waals surface area contributed by atoms with Crippen LogP contribution in [0.15, 0.2) is 41.2 Å². The van der Waals surface area contributed by atoms with Crippen molar-refractivity contribution in [3.8, 4) is 0 Å². The van der Waals surface area contributed by atoms with Gasteiger partial charge in [-0.1, -0.05) is 23.7 Å². The van der Waals surface area contributed by atoms with Crippen molar-refractivity contribution in [1.29, 1.82) is 0 Å². The molecule has 0 aliphatic carbocycles. The van der Waals surface area contributed by atoms with Crippen molar-refractivity contribution in [3.63, 3.8) is 0 Å². The molecule has 0 saturated heterocycles. The third-order valence-corrected chi connectivity index (χ3v) is 4.66. The van der Waals surface area contributed by atoms with Crippen LogP contribution in [0.25, 0.3) is 10.9 Å². The van der Waals surface area contributed by atoms with Crippen LogP contribution in [0.4, 0.5) is 17.6 Å². The van der Waals surface area contributed by atoms with Crippen LogP contribution < -0.4 is 10.9 Å². The minimum Gasteiger partial charge on any atom is -0.477 e. The minimum absolute atomic E-state index is 0.196. The summed E-state index contributed by atoms with van der Waals surface area (Å²) >= 11 is 6.01. The molecular weight excluding hydrogens is 444 g/mol. The summed E-state index contributed by atoms with van der Waals surface area (Å²) in [5, 5.41) is 12.0. The Morgan fingerprint density at radius 3 is 2.48 bits per heavy atom. The van der Waals surface area contributed by atoms with Crippen LogP contribution in [0.2, 0.25) is 5.02 Å². The van der Waals surface area contributed by atoms with Gasteiger partial charge in [-0.15, -0.1) is 0 Å². The molecule has 3 rings (SSSR count). The van der Waals surface area contributed by atoms with Gasteiger partial charge in [0, 0.05) is 17.0 Å². The summed E-state index contributed by atoms with van der Waals surface area (Å²) in [6.07, 6.45) is -5.54. The topological polar surface area (TPSA) is 99.3 Å². The smallest absolute Gasteiger partial charge is 0.419 e. The number of carbonyl (C=O) groups excluding carboxylic acids is 1. The molecule has 31 heavy (non-hydrogen) atoms. The second-order valence-corrected chi connectivity index (χ2v) is 7.01. The van der Waals surface area contributed by atoms with Gasteiger partial charge in [-0.25, -0.2) is 9.18 Å². The number of aromatic amines is 1. The van der Waals surface area contributed by atoms with Crippen molar-refractivity contribution in [2.45, 2.75) is 19.1 Å². The predicted molar refractivity (Wildman–Crippen MR) is 103 cm³/mol. The molecule has 162 valence electrons. The van der Waals surface area contributed by atoms with Gasteiger partial charge in [0.15, 0.2) is 0 Å². The Bertz CT molecular complexity index is 1250. The van der Waals surface area contributed by atoms with E-state index in [-0.39, 0.29) is 17.1 Å². The third-order valence-electron chi connectivity index (χ3n) is 4.44. The van der Waals surface area contributed by atoms with Gasteiger partial charge >= 0.3 is 12.1 Å². The monoisotopic (exact) mass is 456 g/mol. The third kappa shape index (κ3) is 4.85. The van der Waals surface area contributed by atoms with E-state index in [2.05, 4.69) is 10.3 Å². The fourth-order valence-electron chi connectivity index (χ4n) is 3.02. The Hall–Kier alpha value is -3.40. The molecule has 3 N–H and O–H groups in total. The lowest BCUT2D eigenvalue weighted by Gasteiger charge is -2.12. The molecule has 0 spiro atoms. The van der Waals surface area contributed by atoms with Crippen LogP contribution in [0.3, 0.4) is 0 Å². The number of H-pyrrole nitrogens is 1. The lowest BCUT2D eigenvalue weighted by Crippen LogP contribution is -2.26. The zero-order valence-electron chi connectivity index (χ0n) is 15.4. The highest BCUT2D eigenvalue weighted by Crippen LogP contribution is 2.32. The quantitative estimate of drug-likeness (QED) is 0.507. The Balaban J connectivity index is 1.83. The highest BCUT2D eigenvalue weighted by molar-refractivity contribution is 6.31. The number of carbonyl (C=O) groups is 2. The van der Waals surface area contributed by atoms with Crippen LogP contribution >= 0.6 is 11.6 Å². The summed E-state index contributed by atoms with van der Waals surface area (Å²) in [6, 6.07) is 6.63. The maximum absolute atomic E-state index is 14.1. The van der Waals surface area contributed by atoms with Gasteiger partial charge in [0.1, 0.15) is 11.4 Å². The Morgan fingerprint density at radius 2 is 1.84 bits per heavy atom. The van der Waals surface area contributed by atoms with Gasteiger partial charge in [0.25, 0.3) is 5.56 Å². The van der Waals surface area contributed by atoms with Gasteiger partial charge in [-0.2, -0.15) is 13.2 Å². The largest absolute Gasteiger partial charge is 0.477 e. The molecule has 6 nitrogen and oxygen atoms in total. The lowest BCUT2D eigenvalue weighted by atomic mass is 10.1. The highest BCUT2D eigenvalue weighted by Gasteiger charge is 2.34. The molecule has 3 aromatic rings. The van der Waals surface area contributed by atoms with Crippen LogP contribution in [-0.2, 0) is 23.9 Å². The van der Waals surface area contributed by atoms with Crippen molar-refractivity contribution in [1.82, 2.24) is 10.3 Å². The van der Waals surface area contributed by atoms with Crippen LogP contribution in [0.1, 0.15) is 27.0 Å². The van der Waals surface area contributed by atoms with Crippen molar-refractivity contribution in [3.05, 3.63) is 79.8 Å². The molecular formula is C20H13ClF4N2O4. The summed E-state index contributed by atoms with van der Waals surface area (Å²) in [4.78, 5) is 37.7. The van der Waals surface area contributed by atoms with Crippen molar-refractivity contribution in [2.75, 3.05) is 0 Å². The molecule has 1 heterocycles. The molecule has 1 amide bonds. The number of aromatic nitrogens is 1. The second-order valence-electron chi connectivity index (χ2n) is 6.58. The number of hydrogen-bond donors (Lipinski definition) is 3. The van der Waals surface area contributed by atoms with E-state index >= 15 is 0 Å². The number of hydrogen-bond acceptors (Lipinski definition) is 3. The van der Waals surface area contributed by atoms with E-state index in [4.69, 9.17) is 16.7 Å². The molecule has 0 radical (unpaired) electrons. The Morgan fingerprint density at radius 1 is 1.13 bits per heavy atom. The average molecular weight is 457 g/mol. The molecule has 2 aromatic carbocycles. The molecule has 0 aliphatic heterocycles. The van der Waals surface area contributed by atoms with E-state index in [1.54, 1.807) is 0 Å². The van der Waals surface area contributed by atoms with E-state index in [0.717, 1.165) is 18.2 Å². The van der Waals surface area contributed by atoms with E-state index < -0.39 is 52.5 Å². The van der Waals surface area contributed by atoms with Gasteiger partial charge in [-0.3, -0.25) is 9.59 Å². The fourth-order valence-corrected chi connectivity index (χ4v) is 3.27. The van der Waals surface area contributed by atoms with Crippen molar-refractivity contribution < 1.29 is 32.3 Å². The number of aromatic carboxylic acids is 1. The van der Waals surface area contributed by atoms with Crippen molar-refractivity contribution in [2.24, 2.45) is 0 Å². The van der Waals surface area contributed by atoms with Gasteiger partial charge in [-0.05, 0) is 35.4 Å². The maximum atomic E-state index is 14.1. The van der Waals surface area contributed by atoms with Crippen molar-refractivity contribution >= 4 is 34.4 Å². The number of benzene rings is 2. The number of alkyl halides is 3. The molecule has 0 saturated carbocycles. The first-order valence-corrected chi connectivity index (χ1v) is 9.05. The van der Waals surface area contributed by atoms with Gasteiger partial charge < -0.3 is 15.4 Å². The lowest BCUT2D eigenvalue weighted by molar-refractivity contribution is -0.140.